The summed E-state index contributed by atoms with van der Waals surface area (Å²) in [4.78, 5) is 43.2. The van der Waals surface area contributed by atoms with Crippen molar-refractivity contribution >= 4 is 17.8 Å². The second-order valence-electron chi connectivity index (χ2n) is 12.6. The van der Waals surface area contributed by atoms with Gasteiger partial charge in [0.15, 0.2) is 0 Å². The molecule has 2 amide bonds. The molecule has 7 heteroatoms. The van der Waals surface area contributed by atoms with Gasteiger partial charge in [0.05, 0.1) is 5.41 Å². The average Bonchev–Trinajstić information content (AvgIpc) is 3.03. The fourth-order valence-corrected chi connectivity index (χ4v) is 6.40. The van der Waals surface area contributed by atoms with E-state index in [0.717, 1.165) is 41.5 Å². The standard InChI is InChI=1S/C37H43N3O4/c1-39(33(41)14-8-19-37(38)20-9-21-37)32(26-28-15-17-31(18-16-28)30-12-6-3-7-13-30)34(42)40-24-22-36(23-25-40,35(43)44)27-29-10-4-2-5-11-29/h2-8,10-18,32H,9,19-27,38H2,1H3,(H,43,44)/b14-8+/t32-/m1/s1. The van der Waals surface area contributed by atoms with Gasteiger partial charge in [0.25, 0.3) is 0 Å². The first-order valence-electron chi connectivity index (χ1n) is 15.6. The first-order chi connectivity index (χ1) is 21.2. The van der Waals surface area contributed by atoms with Gasteiger partial charge in [-0.05, 0) is 73.3 Å². The van der Waals surface area contributed by atoms with E-state index in [1.165, 1.54) is 11.0 Å². The number of carboxylic acid groups (broad SMARTS) is 1. The van der Waals surface area contributed by atoms with Crippen LogP contribution in [0.4, 0.5) is 0 Å². The Bertz CT molecular complexity index is 1460. The molecule has 5 rings (SSSR count). The number of nitrogens with zero attached hydrogens (tertiary/aromatic N) is 2. The molecule has 2 aliphatic rings. The summed E-state index contributed by atoms with van der Waals surface area (Å²) >= 11 is 0. The van der Waals surface area contributed by atoms with E-state index in [-0.39, 0.29) is 17.4 Å². The predicted octanol–water partition coefficient (Wildman–Crippen LogP) is 5.49. The minimum atomic E-state index is -0.926. The van der Waals surface area contributed by atoms with Gasteiger partial charge in [-0.25, -0.2) is 0 Å². The van der Waals surface area contributed by atoms with Crippen molar-refractivity contribution in [2.75, 3.05) is 20.1 Å². The zero-order valence-electron chi connectivity index (χ0n) is 25.5. The number of carbonyl (C=O) groups is 3. The zero-order valence-corrected chi connectivity index (χ0v) is 25.5. The number of nitrogens with two attached hydrogens (primary N) is 1. The highest BCUT2D eigenvalue weighted by molar-refractivity contribution is 5.93. The van der Waals surface area contributed by atoms with Crippen LogP contribution in [0.25, 0.3) is 11.1 Å². The normalized spacial score (nSPS) is 17.9. The minimum Gasteiger partial charge on any atom is -0.481 e. The minimum absolute atomic E-state index is 0.158. The fourth-order valence-electron chi connectivity index (χ4n) is 6.40. The molecule has 3 aromatic carbocycles. The Kier molecular flexibility index (Phi) is 9.64. The summed E-state index contributed by atoms with van der Waals surface area (Å²) in [5, 5.41) is 10.2. The van der Waals surface area contributed by atoms with E-state index >= 15 is 0 Å². The molecular weight excluding hydrogens is 550 g/mol. The Balaban J connectivity index is 1.32. The zero-order chi connectivity index (χ0) is 31.2. The first kappa shape index (κ1) is 31.2. The first-order valence-corrected chi connectivity index (χ1v) is 15.6. The third-order valence-corrected chi connectivity index (χ3v) is 9.60. The van der Waals surface area contributed by atoms with E-state index in [4.69, 9.17) is 5.73 Å². The third kappa shape index (κ3) is 7.28. The molecule has 0 spiro atoms. The van der Waals surface area contributed by atoms with Crippen LogP contribution in [-0.2, 0) is 27.2 Å². The summed E-state index contributed by atoms with van der Waals surface area (Å²) in [6, 6.07) is 27.1. The molecule has 2 fully saturated rings. The van der Waals surface area contributed by atoms with Crippen LogP contribution in [-0.4, -0.2) is 64.4 Å². The lowest BCUT2D eigenvalue weighted by atomic mass is 9.73. The molecule has 0 unspecified atom stereocenters. The molecule has 3 aromatic rings. The Morgan fingerprint density at radius 2 is 1.45 bits per heavy atom. The van der Waals surface area contributed by atoms with Gasteiger partial charge in [-0.1, -0.05) is 91.0 Å². The lowest BCUT2D eigenvalue weighted by Gasteiger charge is -2.41. The number of benzene rings is 3. The Morgan fingerprint density at radius 3 is 2.02 bits per heavy atom. The van der Waals surface area contributed by atoms with Crippen molar-refractivity contribution in [2.45, 2.75) is 62.9 Å². The van der Waals surface area contributed by atoms with Gasteiger partial charge in [-0.15, -0.1) is 0 Å². The number of amides is 2. The van der Waals surface area contributed by atoms with Crippen LogP contribution in [0.2, 0.25) is 0 Å². The van der Waals surface area contributed by atoms with Crippen molar-refractivity contribution < 1.29 is 19.5 Å². The molecule has 44 heavy (non-hydrogen) atoms. The SMILES string of the molecule is CN(C(=O)/C=C/CC1(N)CCC1)[C@H](Cc1ccc(-c2ccccc2)cc1)C(=O)N1CCC(Cc2ccccc2)(C(=O)O)CC1. The second-order valence-corrected chi connectivity index (χ2v) is 12.6. The highest BCUT2D eigenvalue weighted by Crippen LogP contribution is 2.36. The van der Waals surface area contributed by atoms with Crippen molar-refractivity contribution in [3.8, 4) is 11.1 Å². The van der Waals surface area contributed by atoms with Crippen LogP contribution in [0.5, 0.6) is 0 Å². The number of likely N-dealkylation sites (N-methyl/N-ethyl adjacent to an activating group) is 1. The highest BCUT2D eigenvalue weighted by atomic mass is 16.4. The number of aliphatic carboxylic acids is 1. The summed E-state index contributed by atoms with van der Waals surface area (Å²) in [5.41, 5.74) is 9.30. The number of piperidine rings is 1. The number of hydrogen-bond acceptors (Lipinski definition) is 4. The monoisotopic (exact) mass is 593 g/mol. The van der Waals surface area contributed by atoms with E-state index in [9.17, 15) is 19.5 Å². The maximum Gasteiger partial charge on any atom is 0.310 e. The molecule has 0 radical (unpaired) electrons. The Morgan fingerprint density at radius 1 is 0.864 bits per heavy atom. The summed E-state index contributed by atoms with van der Waals surface area (Å²) < 4.78 is 0. The maximum atomic E-state index is 14.1. The van der Waals surface area contributed by atoms with E-state index < -0.39 is 17.4 Å². The lowest BCUT2D eigenvalue weighted by Crippen LogP contribution is -2.54. The predicted molar refractivity (Wildman–Crippen MR) is 173 cm³/mol. The van der Waals surface area contributed by atoms with Crippen LogP contribution in [0.3, 0.4) is 0 Å². The highest BCUT2D eigenvalue weighted by Gasteiger charge is 2.43. The van der Waals surface area contributed by atoms with Gasteiger partial charge in [-0.3, -0.25) is 14.4 Å². The maximum absolute atomic E-state index is 14.1. The molecule has 0 bridgehead atoms. The van der Waals surface area contributed by atoms with Gasteiger partial charge < -0.3 is 20.6 Å². The molecule has 230 valence electrons. The van der Waals surface area contributed by atoms with Crippen LogP contribution < -0.4 is 5.73 Å². The van der Waals surface area contributed by atoms with Crippen molar-refractivity contribution in [1.82, 2.24) is 9.80 Å². The molecule has 1 saturated carbocycles. The molecule has 1 atom stereocenters. The lowest BCUT2D eigenvalue weighted by molar-refractivity contribution is -0.155. The topological polar surface area (TPSA) is 104 Å². The van der Waals surface area contributed by atoms with Gasteiger partial charge in [-0.2, -0.15) is 0 Å². The number of carbonyl (C=O) groups excluding carboxylic acids is 2. The number of hydrogen-bond donors (Lipinski definition) is 2. The van der Waals surface area contributed by atoms with E-state index in [2.05, 4.69) is 12.1 Å². The smallest absolute Gasteiger partial charge is 0.310 e. The second kappa shape index (κ2) is 13.6. The Labute approximate surface area is 260 Å². The fraction of sp³-hybridized carbons (Fsp3) is 0.378. The van der Waals surface area contributed by atoms with Crippen molar-refractivity contribution in [1.29, 1.82) is 0 Å². The molecule has 7 nitrogen and oxygen atoms in total. The molecule has 1 saturated heterocycles. The number of rotatable bonds is 11. The number of likely N-dealkylation sites (tertiary alicyclic amines) is 1. The van der Waals surface area contributed by atoms with Crippen molar-refractivity contribution in [3.63, 3.8) is 0 Å². The third-order valence-electron chi connectivity index (χ3n) is 9.60. The van der Waals surface area contributed by atoms with E-state index in [1.54, 1.807) is 11.9 Å². The van der Waals surface area contributed by atoms with Crippen molar-refractivity contribution in [2.24, 2.45) is 11.1 Å². The van der Waals surface area contributed by atoms with Gasteiger partial charge >= 0.3 is 5.97 Å². The summed E-state index contributed by atoms with van der Waals surface area (Å²) in [5.74, 6) is -1.23. The molecule has 3 N–H and O–H groups in total. The van der Waals surface area contributed by atoms with E-state index in [1.807, 2.05) is 78.9 Å². The molecular formula is C37H43N3O4. The summed E-state index contributed by atoms with van der Waals surface area (Å²) in [7, 11) is 1.68. The van der Waals surface area contributed by atoms with Crippen molar-refractivity contribution in [3.05, 3.63) is 108 Å². The quantitative estimate of drug-likeness (QED) is 0.286. The average molecular weight is 594 g/mol. The van der Waals surface area contributed by atoms with Gasteiger partial charge in [0.1, 0.15) is 6.04 Å². The van der Waals surface area contributed by atoms with E-state index in [0.29, 0.717) is 45.2 Å². The number of carboxylic acids is 1. The molecule has 0 aromatic heterocycles. The van der Waals surface area contributed by atoms with Crippen LogP contribution in [0.1, 0.15) is 49.7 Å². The summed E-state index contributed by atoms with van der Waals surface area (Å²) in [6.07, 6.45) is 8.53. The van der Waals surface area contributed by atoms with Crippen LogP contribution >= 0.6 is 0 Å². The largest absolute Gasteiger partial charge is 0.481 e. The van der Waals surface area contributed by atoms with Crippen LogP contribution in [0.15, 0.2) is 97.1 Å². The van der Waals surface area contributed by atoms with Crippen LogP contribution in [0, 0.1) is 5.41 Å². The Hall–Kier alpha value is -4.23. The molecule has 1 aliphatic heterocycles. The van der Waals surface area contributed by atoms with Gasteiger partial charge in [0, 0.05) is 32.1 Å². The molecule has 1 aliphatic carbocycles. The summed E-state index contributed by atoms with van der Waals surface area (Å²) in [6.45, 7) is 0.657. The molecule has 1 heterocycles. The van der Waals surface area contributed by atoms with Gasteiger partial charge in [0.2, 0.25) is 11.8 Å².